The van der Waals surface area contributed by atoms with Gasteiger partial charge in [-0.1, -0.05) is 19.8 Å². The van der Waals surface area contributed by atoms with Crippen molar-refractivity contribution in [3.05, 3.63) is 35.6 Å². The Morgan fingerprint density at radius 1 is 1.24 bits per heavy atom. The van der Waals surface area contributed by atoms with E-state index < -0.39 is 29.9 Å². The normalized spacial score (nSPS) is 23.9. The Hall–Kier alpha value is -2.77. The topological polar surface area (TPSA) is 92.8 Å². The van der Waals surface area contributed by atoms with Gasteiger partial charge in [-0.25, -0.2) is 9.18 Å². The molecule has 0 aromatic heterocycles. The lowest BCUT2D eigenvalue weighted by Crippen LogP contribution is -2.54. The summed E-state index contributed by atoms with van der Waals surface area (Å²) >= 11 is 0. The third-order valence-corrected chi connectivity index (χ3v) is 5.77. The molecular formula is C21H25FN2O5. The maximum absolute atomic E-state index is 12.9. The van der Waals surface area contributed by atoms with Crippen molar-refractivity contribution in [2.45, 2.75) is 51.0 Å². The van der Waals surface area contributed by atoms with Crippen LogP contribution in [0.4, 0.5) is 9.18 Å². The highest BCUT2D eigenvalue weighted by Gasteiger charge is 2.55. The van der Waals surface area contributed by atoms with Crippen molar-refractivity contribution in [1.29, 1.82) is 0 Å². The summed E-state index contributed by atoms with van der Waals surface area (Å²) in [5.74, 6) is -1.63. The van der Waals surface area contributed by atoms with Gasteiger partial charge in [0.25, 0.3) is 5.91 Å². The third kappa shape index (κ3) is 4.46. The summed E-state index contributed by atoms with van der Waals surface area (Å²) in [6.07, 6.45) is 3.75. The Balaban J connectivity index is 1.45. The highest BCUT2D eigenvalue weighted by atomic mass is 19.1. The number of rotatable bonds is 7. The Bertz CT molecular complexity index is 810. The zero-order chi connectivity index (χ0) is 21.0. The maximum atomic E-state index is 12.9. The van der Waals surface area contributed by atoms with Gasteiger partial charge < -0.3 is 10.1 Å². The van der Waals surface area contributed by atoms with E-state index >= 15 is 0 Å². The van der Waals surface area contributed by atoms with E-state index in [1.807, 2.05) is 6.92 Å². The van der Waals surface area contributed by atoms with Gasteiger partial charge in [0, 0.05) is 12.0 Å². The summed E-state index contributed by atoms with van der Waals surface area (Å²) in [4.78, 5) is 50.1. The van der Waals surface area contributed by atoms with Crippen LogP contribution in [0.25, 0.3) is 0 Å². The van der Waals surface area contributed by atoms with Gasteiger partial charge >= 0.3 is 12.0 Å². The highest BCUT2D eigenvalue weighted by molar-refractivity contribution is 6.09. The number of urea groups is 1. The first kappa shape index (κ1) is 21.0. The fourth-order valence-electron chi connectivity index (χ4n) is 4.01. The largest absolute Gasteiger partial charge is 0.464 e. The summed E-state index contributed by atoms with van der Waals surface area (Å²) in [6, 6.07) is 4.68. The number of esters is 1. The van der Waals surface area contributed by atoms with Crippen LogP contribution in [0.3, 0.4) is 0 Å². The van der Waals surface area contributed by atoms with Gasteiger partial charge in [0.15, 0.2) is 5.78 Å². The molecule has 29 heavy (non-hydrogen) atoms. The molecule has 0 unspecified atom stereocenters. The van der Waals surface area contributed by atoms with Gasteiger partial charge in [-0.3, -0.25) is 19.3 Å². The van der Waals surface area contributed by atoms with E-state index in [1.165, 1.54) is 24.3 Å². The first-order valence-electron chi connectivity index (χ1n) is 9.92. The third-order valence-electron chi connectivity index (χ3n) is 5.77. The molecule has 1 aromatic rings. The molecule has 156 valence electrons. The zero-order valence-corrected chi connectivity index (χ0v) is 16.4. The van der Waals surface area contributed by atoms with E-state index in [9.17, 15) is 23.6 Å². The number of hydrogen-bond acceptors (Lipinski definition) is 5. The van der Waals surface area contributed by atoms with Crippen LogP contribution in [0.2, 0.25) is 0 Å². The van der Waals surface area contributed by atoms with Crippen LogP contribution in [0.1, 0.15) is 55.8 Å². The summed E-state index contributed by atoms with van der Waals surface area (Å²) in [5, 5.41) is 2.79. The molecule has 1 heterocycles. The van der Waals surface area contributed by atoms with Crippen LogP contribution in [0, 0.1) is 11.7 Å². The first-order chi connectivity index (χ1) is 13.8. The molecule has 1 saturated carbocycles. The highest BCUT2D eigenvalue weighted by Crippen LogP contribution is 2.38. The van der Waals surface area contributed by atoms with Gasteiger partial charge in [0.1, 0.15) is 17.9 Å². The van der Waals surface area contributed by atoms with Crippen LogP contribution in [-0.4, -0.2) is 47.3 Å². The van der Waals surface area contributed by atoms with Crippen molar-refractivity contribution < 1.29 is 28.3 Å². The summed E-state index contributed by atoms with van der Waals surface area (Å²) in [7, 11) is 0. The average Bonchev–Trinajstić information content (AvgIpc) is 2.93. The maximum Gasteiger partial charge on any atom is 0.326 e. The first-order valence-corrected chi connectivity index (χ1v) is 9.92. The standard InChI is InChI=1S/C21H25FN2O5/c1-14-5-2-3-11-21(14)19(27)24(20(28)23-21)13-18(26)29-12-4-6-17(25)15-7-9-16(22)10-8-15/h7-10,14H,2-6,11-13H2,1H3,(H,23,28)/t14-,21-/m1/s1. The fraction of sp³-hybridized carbons (Fsp3) is 0.524. The molecule has 8 heteroatoms. The number of ether oxygens (including phenoxy) is 1. The molecule has 1 aliphatic carbocycles. The van der Waals surface area contributed by atoms with Crippen LogP contribution < -0.4 is 5.32 Å². The van der Waals surface area contributed by atoms with Gasteiger partial charge in [-0.05, 0) is 49.4 Å². The molecule has 1 aliphatic heterocycles. The number of hydrogen-bond donors (Lipinski definition) is 1. The minimum atomic E-state index is -0.906. The second kappa shape index (κ2) is 8.71. The number of imide groups is 1. The monoisotopic (exact) mass is 404 g/mol. The average molecular weight is 404 g/mol. The Morgan fingerprint density at radius 3 is 2.66 bits per heavy atom. The van der Waals surface area contributed by atoms with E-state index in [2.05, 4.69) is 5.32 Å². The molecular weight excluding hydrogens is 379 g/mol. The molecule has 1 spiro atoms. The Labute approximate surface area is 168 Å². The number of carbonyl (C=O) groups is 4. The number of halogens is 1. The number of nitrogens with zero attached hydrogens (tertiary/aromatic N) is 1. The van der Waals surface area contributed by atoms with Gasteiger partial charge in [0.05, 0.1) is 6.61 Å². The van der Waals surface area contributed by atoms with Crippen molar-refractivity contribution in [2.75, 3.05) is 13.2 Å². The molecule has 7 nitrogen and oxygen atoms in total. The van der Waals surface area contributed by atoms with Crippen molar-refractivity contribution in [2.24, 2.45) is 5.92 Å². The summed E-state index contributed by atoms with van der Waals surface area (Å²) < 4.78 is 18.0. The number of benzene rings is 1. The molecule has 0 radical (unpaired) electrons. The molecule has 3 rings (SSSR count). The number of nitrogens with one attached hydrogen (secondary N) is 1. The van der Waals surface area contributed by atoms with E-state index in [-0.39, 0.29) is 30.6 Å². The number of amides is 3. The van der Waals surface area contributed by atoms with Crippen LogP contribution in [0.5, 0.6) is 0 Å². The molecule has 1 N–H and O–H groups in total. The van der Waals surface area contributed by atoms with E-state index in [0.717, 1.165) is 24.2 Å². The van der Waals surface area contributed by atoms with Crippen LogP contribution in [0.15, 0.2) is 24.3 Å². The summed E-state index contributed by atoms with van der Waals surface area (Å²) in [6.45, 7) is 1.50. The Kier molecular flexibility index (Phi) is 6.30. The van der Waals surface area contributed by atoms with Gasteiger partial charge in [-0.2, -0.15) is 0 Å². The SMILES string of the molecule is C[C@@H]1CCCC[C@@]12NC(=O)N(CC(=O)OCCCC(=O)c1ccc(F)cc1)C2=O. The van der Waals surface area contributed by atoms with Crippen molar-refractivity contribution in [1.82, 2.24) is 10.2 Å². The number of ketones is 1. The minimum absolute atomic E-state index is 0.00301. The lowest BCUT2D eigenvalue weighted by atomic mass is 9.73. The molecule has 2 aliphatic rings. The lowest BCUT2D eigenvalue weighted by molar-refractivity contribution is -0.148. The number of Topliss-reactive ketones (excluding diaryl/α,β-unsaturated/α-hetero) is 1. The number of carbonyl (C=O) groups excluding carboxylic acids is 4. The molecule has 2 fully saturated rings. The predicted octanol–water partition coefficient (Wildman–Crippen LogP) is 2.83. The van der Waals surface area contributed by atoms with Gasteiger partial charge in [-0.15, -0.1) is 0 Å². The van der Waals surface area contributed by atoms with Crippen molar-refractivity contribution in [3.8, 4) is 0 Å². The van der Waals surface area contributed by atoms with Crippen LogP contribution in [-0.2, 0) is 14.3 Å². The second-order valence-corrected chi connectivity index (χ2v) is 7.69. The minimum Gasteiger partial charge on any atom is -0.464 e. The van der Waals surface area contributed by atoms with E-state index in [1.54, 1.807) is 0 Å². The quantitative estimate of drug-likeness (QED) is 0.326. The molecule has 0 bridgehead atoms. The molecule has 2 atom stereocenters. The van der Waals surface area contributed by atoms with E-state index in [0.29, 0.717) is 18.4 Å². The Morgan fingerprint density at radius 2 is 1.97 bits per heavy atom. The molecule has 1 saturated heterocycles. The van der Waals surface area contributed by atoms with Crippen molar-refractivity contribution in [3.63, 3.8) is 0 Å². The van der Waals surface area contributed by atoms with E-state index in [4.69, 9.17) is 4.74 Å². The predicted molar refractivity (Wildman–Crippen MR) is 102 cm³/mol. The second-order valence-electron chi connectivity index (χ2n) is 7.69. The van der Waals surface area contributed by atoms with Crippen molar-refractivity contribution >= 4 is 23.7 Å². The smallest absolute Gasteiger partial charge is 0.326 e. The molecule has 1 aromatic carbocycles. The molecule has 3 amide bonds. The zero-order valence-electron chi connectivity index (χ0n) is 16.4. The van der Waals surface area contributed by atoms with Crippen LogP contribution >= 0.6 is 0 Å². The summed E-state index contributed by atoms with van der Waals surface area (Å²) in [5.41, 5.74) is -0.513. The fourth-order valence-corrected chi connectivity index (χ4v) is 4.01. The van der Waals surface area contributed by atoms with Gasteiger partial charge in [0.2, 0.25) is 0 Å². The lowest BCUT2D eigenvalue weighted by Gasteiger charge is -2.36.